The minimum Gasteiger partial charge on any atom is -0.335 e. The highest BCUT2D eigenvalue weighted by Crippen LogP contribution is 2.30. The lowest BCUT2D eigenvalue weighted by Crippen LogP contribution is -2.54. The third kappa shape index (κ3) is 4.95. The highest BCUT2D eigenvalue weighted by molar-refractivity contribution is 5.82. The molecule has 140 valence electrons. The lowest BCUT2D eigenvalue weighted by molar-refractivity contribution is -0.124. The maximum absolute atomic E-state index is 12.6. The number of hydrogen-bond acceptors (Lipinski definition) is 4. The van der Waals surface area contributed by atoms with Gasteiger partial charge < -0.3 is 11.1 Å². The minimum atomic E-state index is -0.736. The maximum Gasteiger partial charge on any atom is 0.238 e. The Morgan fingerprint density at radius 2 is 1.80 bits per heavy atom. The number of amides is 1. The second-order valence-corrected chi connectivity index (χ2v) is 8.66. The first-order valence-electron chi connectivity index (χ1n) is 10.3. The lowest BCUT2D eigenvalue weighted by atomic mass is 9.84. The smallest absolute Gasteiger partial charge is 0.238 e. The minimum absolute atomic E-state index is 0.130. The average Bonchev–Trinajstić information content (AvgIpc) is 3.27. The van der Waals surface area contributed by atoms with Crippen LogP contribution >= 0.6 is 0 Å². The van der Waals surface area contributed by atoms with Crippen LogP contribution in [0.2, 0.25) is 0 Å². The largest absolute Gasteiger partial charge is 0.335 e. The third-order valence-electron chi connectivity index (χ3n) is 6.56. The maximum atomic E-state index is 12.6. The van der Waals surface area contributed by atoms with Gasteiger partial charge in [0, 0.05) is 19.6 Å². The van der Waals surface area contributed by atoms with Gasteiger partial charge in [-0.1, -0.05) is 44.9 Å². The zero-order valence-electron chi connectivity index (χ0n) is 15.5. The molecule has 1 amide bonds. The number of nitrogens with two attached hydrogens (primary N) is 1. The number of hydrogen-bond donors (Lipinski definition) is 2. The van der Waals surface area contributed by atoms with Crippen LogP contribution in [0.25, 0.3) is 0 Å². The quantitative estimate of drug-likeness (QED) is 0.774. The Bertz CT molecular complexity index is 490. The van der Waals surface area contributed by atoms with Crippen molar-refractivity contribution in [1.82, 2.24) is 10.2 Å². The van der Waals surface area contributed by atoms with Crippen LogP contribution in [0.3, 0.4) is 0 Å². The van der Waals surface area contributed by atoms with Gasteiger partial charge in [0.25, 0.3) is 0 Å². The lowest BCUT2D eigenvalue weighted by Gasteiger charge is -2.28. The molecule has 0 spiro atoms. The predicted molar refractivity (Wildman–Crippen MR) is 98.7 cm³/mol. The van der Waals surface area contributed by atoms with Crippen molar-refractivity contribution in [3.8, 4) is 6.07 Å². The summed E-state index contributed by atoms with van der Waals surface area (Å²) < 4.78 is 0. The van der Waals surface area contributed by atoms with E-state index in [1.54, 1.807) is 0 Å². The van der Waals surface area contributed by atoms with Gasteiger partial charge in [-0.05, 0) is 37.5 Å². The topological polar surface area (TPSA) is 82.1 Å². The zero-order chi connectivity index (χ0) is 17.7. The summed E-state index contributed by atoms with van der Waals surface area (Å²) in [6, 6.07) is 1.92. The van der Waals surface area contributed by atoms with Crippen molar-refractivity contribution in [2.24, 2.45) is 17.6 Å². The third-order valence-corrected chi connectivity index (χ3v) is 6.56. The molecule has 0 bridgehead atoms. The Morgan fingerprint density at radius 3 is 2.48 bits per heavy atom. The molecule has 5 nitrogen and oxygen atoms in total. The second kappa shape index (κ2) is 8.51. The molecule has 0 aromatic rings. The van der Waals surface area contributed by atoms with E-state index in [4.69, 9.17) is 5.73 Å². The fourth-order valence-electron chi connectivity index (χ4n) is 5.04. The highest BCUT2D eigenvalue weighted by atomic mass is 16.2. The number of rotatable bonds is 6. The van der Waals surface area contributed by atoms with Gasteiger partial charge in [-0.2, -0.15) is 5.26 Å². The fraction of sp³-hybridized carbons (Fsp3) is 0.900. The van der Waals surface area contributed by atoms with E-state index in [1.807, 2.05) is 0 Å². The first-order valence-corrected chi connectivity index (χ1v) is 10.3. The predicted octanol–water partition coefficient (Wildman–Crippen LogP) is 2.56. The van der Waals surface area contributed by atoms with Crippen LogP contribution in [0, 0.1) is 23.2 Å². The zero-order valence-corrected chi connectivity index (χ0v) is 15.5. The van der Waals surface area contributed by atoms with Crippen molar-refractivity contribution in [2.45, 2.75) is 82.2 Å². The summed E-state index contributed by atoms with van der Waals surface area (Å²) in [6.45, 7) is 2.64. The van der Waals surface area contributed by atoms with E-state index in [9.17, 15) is 10.1 Å². The molecule has 1 heterocycles. The SMILES string of the molecule is N#CC1(NC(=O)C(N)CC2CCCCC2)CCN(CC2CCCC2)C1. The highest BCUT2D eigenvalue weighted by Gasteiger charge is 2.41. The van der Waals surface area contributed by atoms with Crippen LogP contribution in [0.4, 0.5) is 0 Å². The molecule has 0 aromatic heterocycles. The van der Waals surface area contributed by atoms with Gasteiger partial charge in [0.1, 0.15) is 5.54 Å². The Balaban J connectivity index is 1.48. The van der Waals surface area contributed by atoms with E-state index in [-0.39, 0.29) is 5.91 Å². The summed E-state index contributed by atoms with van der Waals surface area (Å²) in [4.78, 5) is 14.9. The number of nitriles is 1. The average molecular weight is 347 g/mol. The Hall–Kier alpha value is -1.12. The van der Waals surface area contributed by atoms with Crippen molar-refractivity contribution in [3.05, 3.63) is 0 Å². The first-order chi connectivity index (χ1) is 12.1. The number of nitrogens with one attached hydrogen (secondary N) is 1. The Labute approximate surface area is 152 Å². The molecule has 3 aliphatic rings. The van der Waals surface area contributed by atoms with Crippen LogP contribution in [0.15, 0.2) is 0 Å². The first kappa shape index (κ1) is 18.7. The van der Waals surface area contributed by atoms with Gasteiger partial charge in [0.2, 0.25) is 5.91 Å². The van der Waals surface area contributed by atoms with Gasteiger partial charge in [-0.15, -0.1) is 0 Å². The number of carbonyl (C=O) groups excluding carboxylic acids is 1. The van der Waals surface area contributed by atoms with Crippen molar-refractivity contribution in [1.29, 1.82) is 5.26 Å². The van der Waals surface area contributed by atoms with E-state index in [0.717, 1.165) is 31.8 Å². The van der Waals surface area contributed by atoms with Gasteiger partial charge in [0.05, 0.1) is 12.1 Å². The molecule has 5 heteroatoms. The van der Waals surface area contributed by atoms with Crippen LogP contribution in [-0.4, -0.2) is 42.0 Å². The number of nitrogens with zero attached hydrogens (tertiary/aromatic N) is 2. The molecule has 0 aromatic carbocycles. The molecule has 25 heavy (non-hydrogen) atoms. The van der Waals surface area contributed by atoms with E-state index >= 15 is 0 Å². The molecule has 3 rings (SSSR count). The molecular formula is C20H34N4O. The van der Waals surface area contributed by atoms with Crippen LogP contribution in [-0.2, 0) is 4.79 Å². The van der Waals surface area contributed by atoms with Crippen molar-refractivity contribution < 1.29 is 4.79 Å². The van der Waals surface area contributed by atoms with Gasteiger partial charge >= 0.3 is 0 Å². The normalized spacial score (nSPS) is 30.2. The molecule has 2 atom stereocenters. The van der Waals surface area contributed by atoms with E-state index in [1.165, 1.54) is 57.8 Å². The summed E-state index contributed by atoms with van der Waals surface area (Å²) in [6.07, 6.45) is 13.0. The molecule has 0 radical (unpaired) electrons. The van der Waals surface area contributed by atoms with Crippen molar-refractivity contribution >= 4 is 5.91 Å². The molecule has 3 N–H and O–H groups in total. The summed E-state index contributed by atoms with van der Waals surface area (Å²) in [5, 5.41) is 12.7. The number of likely N-dealkylation sites (tertiary alicyclic amines) is 1. The summed E-state index contributed by atoms with van der Waals surface area (Å²) >= 11 is 0. The van der Waals surface area contributed by atoms with Gasteiger partial charge in [0.15, 0.2) is 0 Å². The van der Waals surface area contributed by atoms with Crippen molar-refractivity contribution in [2.75, 3.05) is 19.6 Å². The number of carbonyl (C=O) groups is 1. The molecule has 2 aliphatic carbocycles. The van der Waals surface area contributed by atoms with Crippen molar-refractivity contribution in [3.63, 3.8) is 0 Å². The summed E-state index contributed by atoms with van der Waals surface area (Å²) in [5.41, 5.74) is 5.44. The van der Waals surface area contributed by atoms with Crippen LogP contribution in [0.1, 0.15) is 70.6 Å². The van der Waals surface area contributed by atoms with E-state index in [2.05, 4.69) is 16.3 Å². The van der Waals surface area contributed by atoms with Gasteiger partial charge in [-0.25, -0.2) is 0 Å². The molecule has 3 fully saturated rings. The standard InChI is InChI=1S/C20H34N4O/c21-14-20(10-11-24(15-20)13-17-8-4-5-9-17)23-19(25)18(22)12-16-6-2-1-3-7-16/h16-18H,1-13,15,22H2,(H,23,25). The summed E-state index contributed by atoms with van der Waals surface area (Å²) in [7, 11) is 0. The molecule has 1 saturated heterocycles. The van der Waals surface area contributed by atoms with E-state index < -0.39 is 11.6 Å². The van der Waals surface area contributed by atoms with Crippen LogP contribution < -0.4 is 11.1 Å². The van der Waals surface area contributed by atoms with Crippen LogP contribution in [0.5, 0.6) is 0 Å². The molecule has 2 saturated carbocycles. The Kier molecular flexibility index (Phi) is 6.35. The molecule has 2 unspecified atom stereocenters. The summed E-state index contributed by atoms with van der Waals surface area (Å²) in [5.74, 6) is 1.23. The van der Waals surface area contributed by atoms with E-state index in [0.29, 0.717) is 12.5 Å². The van der Waals surface area contributed by atoms with Gasteiger partial charge in [-0.3, -0.25) is 9.69 Å². The fourth-order valence-corrected chi connectivity index (χ4v) is 5.04. The Morgan fingerprint density at radius 1 is 1.16 bits per heavy atom. The monoisotopic (exact) mass is 346 g/mol. The molecule has 1 aliphatic heterocycles. The molecular weight excluding hydrogens is 312 g/mol. The second-order valence-electron chi connectivity index (χ2n) is 8.66.